The van der Waals surface area contributed by atoms with Crippen LogP contribution in [0.3, 0.4) is 0 Å². The normalized spacial score (nSPS) is 29.7. The summed E-state index contributed by atoms with van der Waals surface area (Å²) in [5, 5.41) is 3.54. The van der Waals surface area contributed by atoms with Gasteiger partial charge in [0.25, 0.3) is 0 Å². The van der Waals surface area contributed by atoms with E-state index in [0.717, 1.165) is 16.8 Å². The number of fused-ring (bicyclic) bond motifs is 2. The van der Waals surface area contributed by atoms with Crippen molar-refractivity contribution in [1.29, 1.82) is 0 Å². The summed E-state index contributed by atoms with van der Waals surface area (Å²) in [6.45, 7) is 1.58. The SMILES string of the molecule is Brc1cccc(OCCNC2CC3CCC2O3)c1. The van der Waals surface area contributed by atoms with Gasteiger partial charge in [-0.05, 0) is 37.5 Å². The van der Waals surface area contributed by atoms with Crippen molar-refractivity contribution in [1.82, 2.24) is 5.32 Å². The summed E-state index contributed by atoms with van der Waals surface area (Å²) in [6, 6.07) is 8.48. The van der Waals surface area contributed by atoms with Gasteiger partial charge in [-0.15, -0.1) is 0 Å². The molecule has 2 saturated heterocycles. The van der Waals surface area contributed by atoms with E-state index in [0.29, 0.717) is 24.9 Å². The highest BCUT2D eigenvalue weighted by molar-refractivity contribution is 9.10. The third kappa shape index (κ3) is 2.87. The van der Waals surface area contributed by atoms with Crippen molar-refractivity contribution < 1.29 is 9.47 Å². The van der Waals surface area contributed by atoms with Crippen LogP contribution in [0.4, 0.5) is 0 Å². The highest BCUT2D eigenvalue weighted by atomic mass is 79.9. The van der Waals surface area contributed by atoms with Gasteiger partial charge in [0.1, 0.15) is 12.4 Å². The molecule has 1 N–H and O–H groups in total. The molecule has 2 aliphatic heterocycles. The van der Waals surface area contributed by atoms with E-state index >= 15 is 0 Å². The van der Waals surface area contributed by atoms with E-state index in [-0.39, 0.29) is 0 Å². The van der Waals surface area contributed by atoms with Crippen LogP contribution in [0.1, 0.15) is 19.3 Å². The zero-order valence-electron chi connectivity index (χ0n) is 10.3. The zero-order chi connectivity index (χ0) is 12.4. The summed E-state index contributed by atoms with van der Waals surface area (Å²) in [5.41, 5.74) is 0. The van der Waals surface area contributed by atoms with Crippen molar-refractivity contribution in [2.24, 2.45) is 0 Å². The molecule has 3 nitrogen and oxygen atoms in total. The Morgan fingerprint density at radius 2 is 2.33 bits per heavy atom. The van der Waals surface area contributed by atoms with Crippen LogP contribution < -0.4 is 10.1 Å². The van der Waals surface area contributed by atoms with Crippen LogP contribution in [-0.4, -0.2) is 31.4 Å². The molecular formula is C14H18BrNO2. The minimum Gasteiger partial charge on any atom is -0.492 e. The topological polar surface area (TPSA) is 30.5 Å². The average Bonchev–Trinajstić information content (AvgIpc) is 2.97. The predicted octanol–water partition coefficient (Wildman–Crippen LogP) is 2.74. The smallest absolute Gasteiger partial charge is 0.120 e. The van der Waals surface area contributed by atoms with Crippen LogP contribution in [0, 0.1) is 0 Å². The third-order valence-electron chi connectivity index (χ3n) is 3.68. The van der Waals surface area contributed by atoms with Crippen LogP contribution in [0.15, 0.2) is 28.7 Å². The Morgan fingerprint density at radius 1 is 1.39 bits per heavy atom. The maximum atomic E-state index is 5.81. The molecule has 0 saturated carbocycles. The van der Waals surface area contributed by atoms with E-state index in [2.05, 4.69) is 21.2 Å². The van der Waals surface area contributed by atoms with Crippen molar-refractivity contribution >= 4 is 15.9 Å². The van der Waals surface area contributed by atoms with E-state index in [1.807, 2.05) is 24.3 Å². The Morgan fingerprint density at radius 3 is 3.06 bits per heavy atom. The lowest BCUT2D eigenvalue weighted by molar-refractivity contribution is 0.0970. The largest absolute Gasteiger partial charge is 0.492 e. The molecule has 4 heteroatoms. The second-order valence-electron chi connectivity index (χ2n) is 4.98. The molecule has 0 amide bonds. The molecule has 1 aromatic rings. The molecule has 98 valence electrons. The molecule has 1 aromatic carbocycles. The number of ether oxygens (including phenoxy) is 2. The first-order valence-corrected chi connectivity index (χ1v) is 7.38. The van der Waals surface area contributed by atoms with Crippen molar-refractivity contribution in [3.8, 4) is 5.75 Å². The first kappa shape index (κ1) is 12.5. The molecule has 2 fully saturated rings. The van der Waals surface area contributed by atoms with Gasteiger partial charge in [0.05, 0.1) is 12.2 Å². The first-order valence-electron chi connectivity index (χ1n) is 6.58. The van der Waals surface area contributed by atoms with E-state index in [4.69, 9.17) is 9.47 Å². The van der Waals surface area contributed by atoms with Gasteiger partial charge in [-0.2, -0.15) is 0 Å². The van der Waals surface area contributed by atoms with Crippen LogP contribution >= 0.6 is 15.9 Å². The Balaban J connectivity index is 1.38. The molecule has 18 heavy (non-hydrogen) atoms. The number of halogens is 1. The lowest BCUT2D eigenvalue weighted by Crippen LogP contribution is -2.39. The van der Waals surface area contributed by atoms with Crippen LogP contribution in [-0.2, 0) is 4.74 Å². The Kier molecular flexibility index (Phi) is 3.87. The number of nitrogens with one attached hydrogen (secondary N) is 1. The number of hydrogen-bond acceptors (Lipinski definition) is 3. The predicted molar refractivity (Wildman–Crippen MR) is 73.9 cm³/mol. The van der Waals surface area contributed by atoms with Crippen LogP contribution in [0.25, 0.3) is 0 Å². The molecule has 2 heterocycles. The molecule has 0 aromatic heterocycles. The van der Waals surface area contributed by atoms with Gasteiger partial charge in [-0.25, -0.2) is 0 Å². The van der Waals surface area contributed by atoms with Crippen LogP contribution in [0.5, 0.6) is 5.75 Å². The Bertz CT molecular complexity index is 413. The molecular weight excluding hydrogens is 294 g/mol. The second-order valence-corrected chi connectivity index (χ2v) is 5.89. The summed E-state index contributed by atoms with van der Waals surface area (Å²) < 4.78 is 12.6. The van der Waals surface area contributed by atoms with Crippen molar-refractivity contribution in [2.45, 2.75) is 37.5 Å². The number of rotatable bonds is 5. The van der Waals surface area contributed by atoms with E-state index < -0.39 is 0 Å². The fourth-order valence-corrected chi connectivity index (χ4v) is 3.20. The summed E-state index contributed by atoms with van der Waals surface area (Å²) in [7, 11) is 0. The van der Waals surface area contributed by atoms with Gasteiger partial charge < -0.3 is 14.8 Å². The van der Waals surface area contributed by atoms with Crippen molar-refractivity contribution in [2.75, 3.05) is 13.2 Å². The van der Waals surface area contributed by atoms with Gasteiger partial charge in [0.2, 0.25) is 0 Å². The lowest BCUT2D eigenvalue weighted by Gasteiger charge is -2.20. The molecule has 3 unspecified atom stereocenters. The highest BCUT2D eigenvalue weighted by Crippen LogP contribution is 2.34. The maximum Gasteiger partial charge on any atom is 0.120 e. The molecule has 0 spiro atoms. The van der Waals surface area contributed by atoms with Crippen molar-refractivity contribution in [3.05, 3.63) is 28.7 Å². The quantitative estimate of drug-likeness (QED) is 0.848. The van der Waals surface area contributed by atoms with E-state index in [1.54, 1.807) is 0 Å². The minimum atomic E-state index is 0.445. The van der Waals surface area contributed by atoms with Gasteiger partial charge in [0, 0.05) is 17.1 Å². The Labute approximate surface area is 116 Å². The first-order chi connectivity index (χ1) is 8.81. The van der Waals surface area contributed by atoms with Gasteiger partial charge in [0.15, 0.2) is 0 Å². The van der Waals surface area contributed by atoms with Crippen LogP contribution in [0.2, 0.25) is 0 Å². The maximum absolute atomic E-state index is 5.81. The highest BCUT2D eigenvalue weighted by Gasteiger charge is 2.40. The van der Waals surface area contributed by atoms with E-state index in [9.17, 15) is 0 Å². The Hall–Kier alpha value is -0.580. The summed E-state index contributed by atoms with van der Waals surface area (Å²) >= 11 is 3.43. The second kappa shape index (κ2) is 5.59. The average molecular weight is 312 g/mol. The fourth-order valence-electron chi connectivity index (χ4n) is 2.82. The number of benzene rings is 1. The molecule has 2 bridgehead atoms. The minimum absolute atomic E-state index is 0.445. The van der Waals surface area contributed by atoms with Gasteiger partial charge in [-0.3, -0.25) is 0 Å². The summed E-state index contributed by atoms with van der Waals surface area (Å²) in [6.07, 6.45) is 4.59. The molecule has 3 rings (SSSR count). The zero-order valence-corrected chi connectivity index (χ0v) is 11.9. The third-order valence-corrected chi connectivity index (χ3v) is 4.17. The standard InChI is InChI=1S/C14H18BrNO2/c15-10-2-1-3-11(8-10)17-7-6-16-13-9-12-4-5-14(13)18-12/h1-3,8,12-14,16H,4-7,9H2. The van der Waals surface area contributed by atoms with Gasteiger partial charge in [-0.1, -0.05) is 22.0 Å². The lowest BCUT2D eigenvalue weighted by atomic mass is 9.95. The monoisotopic (exact) mass is 311 g/mol. The van der Waals surface area contributed by atoms with E-state index in [1.165, 1.54) is 19.3 Å². The molecule has 3 atom stereocenters. The van der Waals surface area contributed by atoms with Gasteiger partial charge >= 0.3 is 0 Å². The molecule has 2 aliphatic rings. The fraction of sp³-hybridized carbons (Fsp3) is 0.571. The summed E-state index contributed by atoms with van der Waals surface area (Å²) in [5.74, 6) is 0.912. The summed E-state index contributed by atoms with van der Waals surface area (Å²) in [4.78, 5) is 0. The molecule has 0 aliphatic carbocycles. The number of hydrogen-bond donors (Lipinski definition) is 1. The van der Waals surface area contributed by atoms with Crippen molar-refractivity contribution in [3.63, 3.8) is 0 Å². The molecule has 0 radical (unpaired) electrons.